The van der Waals surface area contributed by atoms with Gasteiger partial charge in [0.2, 0.25) is 0 Å². The number of alkyl halides is 3. The third kappa shape index (κ3) is 5.62. The van der Waals surface area contributed by atoms with Gasteiger partial charge in [-0.1, -0.05) is 6.92 Å². The van der Waals surface area contributed by atoms with Gasteiger partial charge in [0.1, 0.15) is 0 Å². The molecule has 0 atom stereocenters. The molecule has 0 amide bonds. The maximum absolute atomic E-state index is 11.4. The van der Waals surface area contributed by atoms with Crippen LogP contribution in [0.25, 0.3) is 0 Å². The first-order chi connectivity index (χ1) is 3.95. The summed E-state index contributed by atoms with van der Waals surface area (Å²) in [6.45, 7) is 1.02. The first kappa shape index (κ1) is 8.75. The van der Waals surface area contributed by atoms with E-state index in [9.17, 15) is 13.2 Å². The third-order valence-electron chi connectivity index (χ3n) is 0.850. The summed E-state index contributed by atoms with van der Waals surface area (Å²) in [5.74, 6) is 0. The van der Waals surface area contributed by atoms with E-state index in [2.05, 4.69) is 7.05 Å². The molecule has 0 fully saturated rings. The van der Waals surface area contributed by atoms with Crippen LogP contribution in [0.2, 0.25) is 0 Å². The predicted molar refractivity (Wildman–Crippen MR) is 28.7 cm³/mol. The number of nitrogens with zero attached hydrogens (tertiary/aromatic N) is 1. The quantitative estimate of drug-likeness (QED) is 0.563. The lowest BCUT2D eigenvalue weighted by Crippen LogP contribution is -2.29. The van der Waals surface area contributed by atoms with Crippen LogP contribution in [0.3, 0.4) is 0 Å². The van der Waals surface area contributed by atoms with Crippen molar-refractivity contribution in [2.24, 2.45) is 0 Å². The number of hydrogen-bond donors (Lipinski definition) is 0. The Hall–Kier alpha value is -0.250. The molecule has 0 saturated carbocycles. The van der Waals surface area contributed by atoms with Gasteiger partial charge in [-0.2, -0.15) is 13.2 Å². The molecule has 55 valence electrons. The van der Waals surface area contributed by atoms with E-state index < -0.39 is 12.7 Å². The molecule has 0 N–H and O–H groups in total. The summed E-state index contributed by atoms with van der Waals surface area (Å²) in [5, 5.41) is 0. The highest BCUT2D eigenvalue weighted by molar-refractivity contribution is 4.58. The molecular weight excluding hydrogens is 131 g/mol. The van der Waals surface area contributed by atoms with E-state index in [1.54, 1.807) is 6.92 Å². The van der Waals surface area contributed by atoms with Gasteiger partial charge in [0, 0.05) is 7.05 Å². The molecule has 0 aromatic carbocycles. The first-order valence-corrected chi connectivity index (χ1v) is 2.58. The lowest BCUT2D eigenvalue weighted by atomic mass is 10.5. The molecule has 0 heterocycles. The van der Waals surface area contributed by atoms with Crippen LogP contribution in [0.15, 0.2) is 0 Å². The van der Waals surface area contributed by atoms with Crippen LogP contribution in [-0.4, -0.2) is 24.2 Å². The van der Waals surface area contributed by atoms with E-state index in [-0.39, 0.29) is 0 Å². The number of rotatable bonds is 2. The number of hydrogen-bond acceptors (Lipinski definition) is 1. The van der Waals surface area contributed by atoms with Gasteiger partial charge in [0.25, 0.3) is 0 Å². The van der Waals surface area contributed by atoms with Crippen LogP contribution in [0.5, 0.6) is 0 Å². The fraction of sp³-hybridized carbons (Fsp3) is 0.800. The maximum atomic E-state index is 11.4. The summed E-state index contributed by atoms with van der Waals surface area (Å²) >= 11 is 0. The summed E-state index contributed by atoms with van der Waals surface area (Å²) in [6, 6.07) is 0. The van der Waals surface area contributed by atoms with Crippen LogP contribution in [0.4, 0.5) is 13.2 Å². The van der Waals surface area contributed by atoms with E-state index >= 15 is 0 Å². The van der Waals surface area contributed by atoms with E-state index in [1.165, 1.54) is 0 Å². The summed E-state index contributed by atoms with van der Waals surface area (Å²) in [6.07, 6.45) is -4.11. The molecule has 0 aliphatic heterocycles. The van der Waals surface area contributed by atoms with Crippen LogP contribution in [0, 0.1) is 7.05 Å². The Bertz CT molecular complexity index is 78.8. The molecule has 0 aromatic heterocycles. The number of halogens is 3. The molecule has 1 radical (unpaired) electrons. The molecule has 0 aliphatic rings. The van der Waals surface area contributed by atoms with E-state index in [4.69, 9.17) is 0 Å². The van der Waals surface area contributed by atoms with Crippen LogP contribution >= 0.6 is 0 Å². The van der Waals surface area contributed by atoms with Crippen molar-refractivity contribution in [2.75, 3.05) is 13.1 Å². The molecule has 0 spiro atoms. The summed E-state index contributed by atoms with van der Waals surface area (Å²) in [5.41, 5.74) is 0. The van der Waals surface area contributed by atoms with Gasteiger partial charge in [-0.05, 0) is 6.54 Å². The van der Waals surface area contributed by atoms with Gasteiger partial charge in [0.05, 0.1) is 6.54 Å². The predicted octanol–water partition coefficient (Wildman–Crippen LogP) is 1.66. The second-order valence-electron chi connectivity index (χ2n) is 1.76. The topological polar surface area (TPSA) is 3.24 Å². The molecule has 0 unspecified atom stereocenters. The Balaban J connectivity index is 3.47. The highest BCUT2D eigenvalue weighted by Crippen LogP contribution is 2.15. The molecule has 1 nitrogen and oxygen atoms in total. The molecule has 0 rings (SSSR count). The summed E-state index contributed by atoms with van der Waals surface area (Å²) < 4.78 is 34.2. The molecule has 9 heavy (non-hydrogen) atoms. The van der Waals surface area contributed by atoms with Gasteiger partial charge in [-0.25, -0.2) is 0 Å². The van der Waals surface area contributed by atoms with Gasteiger partial charge in [-0.3, -0.25) is 4.90 Å². The standard InChI is InChI=1S/C5H9F3N/c1-3-9(2)4-5(6,7)8/h2-4H2,1H3. The smallest absolute Gasteiger partial charge is 0.294 e. The lowest BCUT2D eigenvalue weighted by Gasteiger charge is -2.14. The van der Waals surface area contributed by atoms with Crippen molar-refractivity contribution in [3.05, 3.63) is 7.05 Å². The Kier molecular flexibility index (Phi) is 2.97. The molecule has 0 aliphatic carbocycles. The largest absolute Gasteiger partial charge is 0.401 e. The summed E-state index contributed by atoms with van der Waals surface area (Å²) in [4.78, 5) is 0.958. The van der Waals surface area contributed by atoms with Gasteiger partial charge < -0.3 is 0 Å². The van der Waals surface area contributed by atoms with Gasteiger partial charge in [-0.15, -0.1) is 0 Å². The minimum absolute atomic E-state index is 0.319. The molecular formula is C5H9F3N. The van der Waals surface area contributed by atoms with Crippen molar-refractivity contribution < 1.29 is 13.2 Å². The van der Waals surface area contributed by atoms with Crippen LogP contribution in [0.1, 0.15) is 6.92 Å². The van der Waals surface area contributed by atoms with Crippen molar-refractivity contribution in [2.45, 2.75) is 13.1 Å². The van der Waals surface area contributed by atoms with Gasteiger partial charge >= 0.3 is 6.18 Å². The van der Waals surface area contributed by atoms with Crippen molar-refractivity contribution in [1.29, 1.82) is 0 Å². The second-order valence-corrected chi connectivity index (χ2v) is 1.76. The van der Waals surface area contributed by atoms with Gasteiger partial charge in [0.15, 0.2) is 0 Å². The Labute approximate surface area is 52.5 Å². The monoisotopic (exact) mass is 140 g/mol. The summed E-state index contributed by atoms with van der Waals surface area (Å²) in [7, 11) is 3.16. The maximum Gasteiger partial charge on any atom is 0.401 e. The zero-order valence-electron chi connectivity index (χ0n) is 5.20. The van der Waals surface area contributed by atoms with Crippen LogP contribution in [-0.2, 0) is 0 Å². The fourth-order valence-corrected chi connectivity index (χ4v) is 0.365. The third-order valence-corrected chi connectivity index (χ3v) is 0.850. The normalized spacial score (nSPS) is 12.7. The highest BCUT2D eigenvalue weighted by atomic mass is 19.4. The average Bonchev–Trinajstić information content (AvgIpc) is 1.62. The van der Waals surface area contributed by atoms with Crippen molar-refractivity contribution in [1.82, 2.24) is 4.90 Å². The lowest BCUT2D eigenvalue weighted by molar-refractivity contribution is -0.140. The Morgan fingerprint density at radius 3 is 2.00 bits per heavy atom. The minimum Gasteiger partial charge on any atom is -0.294 e. The van der Waals surface area contributed by atoms with E-state index in [1.807, 2.05) is 0 Å². The van der Waals surface area contributed by atoms with E-state index in [0.29, 0.717) is 6.54 Å². The molecule has 4 heteroatoms. The minimum atomic E-state index is -4.11. The average molecular weight is 140 g/mol. The SMILES string of the molecule is [CH2]N(CC)CC(F)(F)F. The first-order valence-electron chi connectivity index (χ1n) is 2.58. The highest BCUT2D eigenvalue weighted by Gasteiger charge is 2.28. The van der Waals surface area contributed by atoms with Crippen molar-refractivity contribution in [3.8, 4) is 0 Å². The fourth-order valence-electron chi connectivity index (χ4n) is 0.365. The van der Waals surface area contributed by atoms with Crippen molar-refractivity contribution in [3.63, 3.8) is 0 Å². The van der Waals surface area contributed by atoms with E-state index in [0.717, 1.165) is 4.90 Å². The zero-order valence-corrected chi connectivity index (χ0v) is 5.20. The van der Waals surface area contributed by atoms with Crippen molar-refractivity contribution >= 4 is 0 Å². The Morgan fingerprint density at radius 2 is 1.89 bits per heavy atom. The molecule has 0 bridgehead atoms. The van der Waals surface area contributed by atoms with Crippen LogP contribution < -0.4 is 0 Å². The Morgan fingerprint density at radius 1 is 1.44 bits per heavy atom. The molecule has 0 aromatic rings. The zero-order chi connectivity index (χ0) is 7.49. The second kappa shape index (κ2) is 3.06. The molecule has 0 saturated heterocycles.